The molecule has 0 aromatic carbocycles. The number of piperidine rings is 1. The molecule has 1 amide bonds. The number of amides is 1. The third-order valence-electron chi connectivity index (χ3n) is 4.50. The molecule has 0 spiro atoms. The van der Waals surface area contributed by atoms with Gasteiger partial charge in [-0.25, -0.2) is 8.42 Å². The van der Waals surface area contributed by atoms with Crippen LogP contribution in [0.4, 0.5) is 0 Å². The van der Waals surface area contributed by atoms with Crippen LogP contribution in [0.15, 0.2) is 0 Å². The number of hydrogen-bond acceptors (Lipinski definition) is 4. The lowest BCUT2D eigenvalue weighted by molar-refractivity contribution is -0.130. The molecule has 2 fully saturated rings. The van der Waals surface area contributed by atoms with Gasteiger partial charge in [-0.05, 0) is 45.2 Å². The number of nitrogens with one attached hydrogen (secondary N) is 1. The Hall–Kier alpha value is -0.330. The van der Waals surface area contributed by atoms with E-state index in [0.29, 0.717) is 19.0 Å². The van der Waals surface area contributed by atoms with Gasteiger partial charge in [0.15, 0.2) is 9.84 Å². The summed E-state index contributed by atoms with van der Waals surface area (Å²) in [5.74, 6) is -0.0335. The lowest BCUT2D eigenvalue weighted by Crippen LogP contribution is -2.45. The molecule has 1 aliphatic heterocycles. The Morgan fingerprint density at radius 2 is 1.86 bits per heavy atom. The van der Waals surface area contributed by atoms with Crippen LogP contribution < -0.4 is 5.32 Å². The third kappa shape index (κ3) is 5.11. The Labute approximate surface area is 134 Å². The highest BCUT2D eigenvalue weighted by Gasteiger charge is 2.33. The van der Waals surface area contributed by atoms with Crippen molar-refractivity contribution in [3.63, 3.8) is 0 Å². The molecule has 0 radical (unpaired) electrons. The van der Waals surface area contributed by atoms with Crippen molar-refractivity contribution in [3.05, 3.63) is 0 Å². The van der Waals surface area contributed by atoms with Crippen LogP contribution in [0.25, 0.3) is 0 Å². The predicted octanol–water partition coefficient (Wildman–Crippen LogP) is 1.22. The number of rotatable bonds is 5. The highest BCUT2D eigenvalue weighted by molar-refractivity contribution is 7.92. The molecule has 1 saturated heterocycles. The maximum atomic E-state index is 12.2. The minimum atomic E-state index is -3.25. The van der Waals surface area contributed by atoms with Gasteiger partial charge >= 0.3 is 0 Å². The monoisotopic (exact) mass is 338 g/mol. The second-order valence-corrected chi connectivity index (χ2v) is 8.40. The van der Waals surface area contributed by atoms with Crippen LogP contribution in [0, 0.1) is 5.92 Å². The van der Waals surface area contributed by atoms with Gasteiger partial charge in [-0.1, -0.05) is 12.8 Å². The van der Waals surface area contributed by atoms with Crippen molar-refractivity contribution in [1.82, 2.24) is 10.2 Å². The van der Waals surface area contributed by atoms with Crippen molar-refractivity contribution < 1.29 is 13.2 Å². The zero-order valence-corrected chi connectivity index (χ0v) is 14.3. The summed E-state index contributed by atoms with van der Waals surface area (Å²) in [6, 6.07) is 0. The molecule has 1 N–H and O–H groups in total. The van der Waals surface area contributed by atoms with Gasteiger partial charge in [0.25, 0.3) is 0 Å². The number of sulfone groups is 1. The third-order valence-corrected chi connectivity index (χ3v) is 6.64. The number of halogens is 1. The Morgan fingerprint density at radius 1 is 1.19 bits per heavy atom. The summed E-state index contributed by atoms with van der Waals surface area (Å²) in [7, 11) is -1.34. The molecule has 5 nitrogen and oxygen atoms in total. The first-order chi connectivity index (χ1) is 9.53. The number of carbonyl (C=O) groups excluding carboxylic acids is 1. The first kappa shape index (κ1) is 18.7. The largest absolute Gasteiger partial charge is 0.341 e. The lowest BCUT2D eigenvalue weighted by atomic mass is 9.98. The van der Waals surface area contributed by atoms with Crippen molar-refractivity contribution in [2.24, 2.45) is 5.92 Å². The molecule has 2 aliphatic rings. The average Bonchev–Trinajstić information content (AvgIpc) is 2.93. The van der Waals surface area contributed by atoms with Crippen molar-refractivity contribution in [2.75, 3.05) is 32.4 Å². The summed E-state index contributed by atoms with van der Waals surface area (Å²) < 4.78 is 24.5. The lowest BCUT2D eigenvalue weighted by Gasteiger charge is -2.33. The van der Waals surface area contributed by atoms with Crippen molar-refractivity contribution in [1.29, 1.82) is 0 Å². The van der Waals surface area contributed by atoms with E-state index in [-0.39, 0.29) is 29.3 Å². The normalized spacial score (nSPS) is 23.9. The first-order valence-corrected chi connectivity index (χ1v) is 9.38. The summed E-state index contributed by atoms with van der Waals surface area (Å²) >= 11 is 0. The first-order valence-electron chi connectivity index (χ1n) is 7.67. The van der Waals surface area contributed by atoms with E-state index in [1.165, 1.54) is 0 Å². The SMILES string of the molecule is CNCC1CCCN(C(=O)CS(=O)(=O)C2CCCC2)C1.Cl. The number of carbonyl (C=O) groups is 1. The van der Waals surface area contributed by atoms with Crippen molar-refractivity contribution >= 4 is 28.2 Å². The molecule has 1 atom stereocenters. The molecular formula is C14H27ClN2O3S. The maximum absolute atomic E-state index is 12.2. The maximum Gasteiger partial charge on any atom is 0.237 e. The van der Waals surface area contributed by atoms with E-state index in [1.807, 2.05) is 7.05 Å². The highest BCUT2D eigenvalue weighted by atomic mass is 35.5. The van der Waals surface area contributed by atoms with Gasteiger partial charge in [0.2, 0.25) is 5.91 Å². The Balaban J connectivity index is 0.00000220. The van der Waals surface area contributed by atoms with E-state index < -0.39 is 9.84 Å². The zero-order chi connectivity index (χ0) is 14.6. The van der Waals surface area contributed by atoms with E-state index in [1.54, 1.807) is 4.90 Å². The van der Waals surface area contributed by atoms with Crippen LogP contribution in [0.2, 0.25) is 0 Å². The molecule has 7 heteroatoms. The molecule has 124 valence electrons. The van der Waals surface area contributed by atoms with E-state index in [9.17, 15) is 13.2 Å². The fourth-order valence-electron chi connectivity index (χ4n) is 3.38. The fourth-order valence-corrected chi connectivity index (χ4v) is 5.19. The van der Waals surface area contributed by atoms with Gasteiger partial charge in [0, 0.05) is 13.1 Å². The minimum Gasteiger partial charge on any atom is -0.341 e. The van der Waals surface area contributed by atoms with Gasteiger partial charge in [0.05, 0.1) is 5.25 Å². The molecule has 0 aromatic heterocycles. The highest BCUT2D eigenvalue weighted by Crippen LogP contribution is 2.25. The Bertz CT molecular complexity index is 434. The van der Waals surface area contributed by atoms with Crippen LogP contribution in [0.3, 0.4) is 0 Å². The second kappa shape index (κ2) is 8.34. The van der Waals surface area contributed by atoms with Crippen LogP contribution in [-0.2, 0) is 14.6 Å². The van der Waals surface area contributed by atoms with Crippen molar-refractivity contribution in [3.8, 4) is 0 Å². The topological polar surface area (TPSA) is 66.5 Å². The second-order valence-electron chi connectivity index (χ2n) is 6.12. The molecule has 1 aliphatic carbocycles. The molecule has 0 bridgehead atoms. The number of likely N-dealkylation sites (tertiary alicyclic amines) is 1. The minimum absolute atomic E-state index is 0. The quantitative estimate of drug-likeness (QED) is 0.818. The summed E-state index contributed by atoms with van der Waals surface area (Å²) in [5, 5.41) is 2.86. The molecular weight excluding hydrogens is 312 g/mol. The van der Waals surface area contributed by atoms with Crippen LogP contribution in [0.1, 0.15) is 38.5 Å². The van der Waals surface area contributed by atoms with E-state index in [4.69, 9.17) is 0 Å². The molecule has 1 saturated carbocycles. The molecule has 21 heavy (non-hydrogen) atoms. The molecule has 1 heterocycles. The molecule has 2 rings (SSSR count). The summed E-state index contributed by atoms with van der Waals surface area (Å²) in [5.41, 5.74) is 0. The fraction of sp³-hybridized carbons (Fsp3) is 0.929. The summed E-state index contributed by atoms with van der Waals surface area (Å²) in [6.45, 7) is 2.29. The van der Waals surface area contributed by atoms with Gasteiger partial charge in [-0.15, -0.1) is 12.4 Å². The Morgan fingerprint density at radius 3 is 2.48 bits per heavy atom. The van der Waals surface area contributed by atoms with E-state index in [0.717, 1.165) is 45.1 Å². The molecule has 1 unspecified atom stereocenters. The standard InChI is InChI=1S/C14H26N2O3S.ClH/c1-15-9-12-5-4-8-16(10-12)14(17)11-20(18,19)13-6-2-3-7-13;/h12-13,15H,2-11H2,1H3;1H. The van der Waals surface area contributed by atoms with Gasteiger partial charge < -0.3 is 10.2 Å². The predicted molar refractivity (Wildman–Crippen MR) is 86.5 cm³/mol. The van der Waals surface area contributed by atoms with E-state index >= 15 is 0 Å². The van der Waals surface area contributed by atoms with Crippen molar-refractivity contribution in [2.45, 2.75) is 43.8 Å². The van der Waals surface area contributed by atoms with Crippen LogP contribution in [0.5, 0.6) is 0 Å². The number of nitrogens with zero attached hydrogens (tertiary/aromatic N) is 1. The van der Waals surface area contributed by atoms with Gasteiger partial charge in [0.1, 0.15) is 5.75 Å². The van der Waals surface area contributed by atoms with Gasteiger partial charge in [-0.3, -0.25) is 4.79 Å². The van der Waals surface area contributed by atoms with Gasteiger partial charge in [-0.2, -0.15) is 0 Å². The zero-order valence-electron chi connectivity index (χ0n) is 12.7. The summed E-state index contributed by atoms with van der Waals surface area (Å²) in [4.78, 5) is 14.0. The number of hydrogen-bond donors (Lipinski definition) is 1. The van der Waals surface area contributed by atoms with E-state index in [2.05, 4.69) is 5.32 Å². The smallest absolute Gasteiger partial charge is 0.237 e. The van der Waals surface area contributed by atoms with Crippen LogP contribution >= 0.6 is 12.4 Å². The average molecular weight is 339 g/mol. The van der Waals surface area contributed by atoms with Crippen LogP contribution in [-0.4, -0.2) is 56.9 Å². The Kier molecular flexibility index (Phi) is 7.44. The molecule has 0 aromatic rings. The summed E-state index contributed by atoms with van der Waals surface area (Å²) in [6.07, 6.45) is 5.51.